The predicted molar refractivity (Wildman–Crippen MR) is 88.2 cm³/mol. The van der Waals surface area contributed by atoms with Crippen LogP contribution in [0.3, 0.4) is 0 Å². The molecule has 6 nitrogen and oxygen atoms in total. The zero-order valence-electron chi connectivity index (χ0n) is 13.1. The average Bonchev–Trinajstić information content (AvgIpc) is 2.55. The second kappa shape index (κ2) is 7.53. The number of nitrogens with one attached hydrogen (secondary N) is 1. The highest BCUT2D eigenvalue weighted by Crippen LogP contribution is 2.25. The lowest BCUT2D eigenvalue weighted by atomic mass is 10.2. The fourth-order valence-corrected chi connectivity index (χ4v) is 2.26. The lowest BCUT2D eigenvalue weighted by Crippen LogP contribution is -2.22. The average molecular weight is 318 g/mol. The smallest absolute Gasteiger partial charge is 0.292 e. The minimum Gasteiger partial charge on any atom is -0.375 e. The third-order valence-electron chi connectivity index (χ3n) is 3.53. The summed E-state index contributed by atoms with van der Waals surface area (Å²) in [6.45, 7) is 6.19. The Kier molecular flexibility index (Phi) is 5.46. The van der Waals surface area contributed by atoms with Gasteiger partial charge in [-0.1, -0.05) is 6.07 Å². The molecule has 0 fully saturated rings. The summed E-state index contributed by atoms with van der Waals surface area (Å²) < 4.78 is 13.3. The van der Waals surface area contributed by atoms with Gasteiger partial charge in [-0.3, -0.25) is 10.1 Å². The number of hydrogen-bond acceptors (Lipinski definition) is 5. The molecule has 0 radical (unpaired) electrons. The van der Waals surface area contributed by atoms with E-state index in [1.807, 2.05) is 12.1 Å². The molecule has 1 aromatic carbocycles. The molecule has 122 valence electrons. The van der Waals surface area contributed by atoms with Gasteiger partial charge in [-0.25, -0.2) is 9.37 Å². The number of anilines is 2. The van der Waals surface area contributed by atoms with Crippen LogP contribution in [0.2, 0.25) is 0 Å². The molecule has 23 heavy (non-hydrogen) atoms. The van der Waals surface area contributed by atoms with E-state index in [1.54, 1.807) is 6.20 Å². The predicted octanol–water partition coefficient (Wildman–Crippen LogP) is 3.59. The number of hydrogen-bond donors (Lipinski definition) is 1. The normalized spacial score (nSPS) is 10.4. The first kappa shape index (κ1) is 16.7. The molecule has 0 bridgehead atoms. The Labute approximate surface area is 134 Å². The van der Waals surface area contributed by atoms with Gasteiger partial charge in [-0.2, -0.15) is 0 Å². The topological polar surface area (TPSA) is 71.3 Å². The largest absolute Gasteiger partial charge is 0.375 e. The Morgan fingerprint density at radius 1 is 1.26 bits per heavy atom. The number of pyridine rings is 1. The number of rotatable bonds is 7. The van der Waals surface area contributed by atoms with Crippen molar-refractivity contribution in [3.8, 4) is 0 Å². The van der Waals surface area contributed by atoms with E-state index < -0.39 is 10.7 Å². The first-order valence-corrected chi connectivity index (χ1v) is 7.42. The first-order valence-electron chi connectivity index (χ1n) is 7.42. The number of nitro groups is 1. The van der Waals surface area contributed by atoms with Crippen molar-refractivity contribution >= 4 is 17.2 Å². The maximum atomic E-state index is 13.3. The van der Waals surface area contributed by atoms with Gasteiger partial charge < -0.3 is 10.2 Å². The molecular weight excluding hydrogens is 299 g/mol. The van der Waals surface area contributed by atoms with Crippen LogP contribution < -0.4 is 10.2 Å². The summed E-state index contributed by atoms with van der Waals surface area (Å²) >= 11 is 0. The molecule has 0 aliphatic heterocycles. The molecule has 2 aromatic rings. The molecule has 0 saturated heterocycles. The second-order valence-electron chi connectivity index (χ2n) is 4.97. The van der Waals surface area contributed by atoms with E-state index >= 15 is 0 Å². The van der Waals surface area contributed by atoms with E-state index in [9.17, 15) is 14.5 Å². The maximum absolute atomic E-state index is 13.3. The monoisotopic (exact) mass is 318 g/mol. The van der Waals surface area contributed by atoms with Gasteiger partial charge in [0.2, 0.25) is 0 Å². The number of nitrogens with zero attached hydrogens (tertiary/aromatic N) is 3. The Balaban J connectivity index is 2.09. The molecule has 0 spiro atoms. The van der Waals surface area contributed by atoms with Crippen molar-refractivity contribution in [2.75, 3.05) is 23.3 Å². The van der Waals surface area contributed by atoms with Crippen LogP contribution in [-0.4, -0.2) is 23.0 Å². The molecular formula is C16H19FN4O2. The summed E-state index contributed by atoms with van der Waals surface area (Å²) in [5, 5.41) is 13.8. The number of nitro benzene ring substituents is 1. The molecule has 2 rings (SSSR count). The molecule has 0 saturated carbocycles. The van der Waals surface area contributed by atoms with Gasteiger partial charge in [0.05, 0.1) is 4.92 Å². The van der Waals surface area contributed by atoms with Crippen LogP contribution in [0.1, 0.15) is 19.4 Å². The van der Waals surface area contributed by atoms with Crippen LogP contribution in [0.5, 0.6) is 0 Å². The lowest BCUT2D eigenvalue weighted by Gasteiger charge is -2.19. The summed E-state index contributed by atoms with van der Waals surface area (Å²) in [6.07, 6.45) is 1.71. The van der Waals surface area contributed by atoms with E-state index in [-0.39, 0.29) is 11.4 Å². The van der Waals surface area contributed by atoms with E-state index in [0.29, 0.717) is 6.54 Å². The molecule has 1 aromatic heterocycles. The van der Waals surface area contributed by atoms with Gasteiger partial charge in [0.15, 0.2) is 0 Å². The zero-order chi connectivity index (χ0) is 16.8. The third-order valence-corrected chi connectivity index (χ3v) is 3.53. The van der Waals surface area contributed by atoms with Gasteiger partial charge in [-0.15, -0.1) is 0 Å². The highest BCUT2D eigenvalue weighted by molar-refractivity contribution is 5.61. The fraction of sp³-hybridized carbons (Fsp3) is 0.312. The summed E-state index contributed by atoms with van der Waals surface area (Å²) in [7, 11) is 0. The number of benzene rings is 1. The molecule has 1 N–H and O–H groups in total. The standard InChI is InChI=1S/C16H19FN4O2/c1-3-20(4-2)16-8-5-12(11-19-16)10-18-14-9-13(17)6-7-15(14)21(22)23/h5-9,11,18H,3-4,10H2,1-2H3. The van der Waals surface area contributed by atoms with Crippen molar-refractivity contribution in [3.05, 3.63) is 58.0 Å². The van der Waals surface area contributed by atoms with Crippen molar-refractivity contribution in [1.29, 1.82) is 0 Å². The highest BCUT2D eigenvalue weighted by atomic mass is 19.1. The third kappa shape index (κ3) is 4.15. The van der Waals surface area contributed by atoms with Gasteiger partial charge >= 0.3 is 0 Å². The van der Waals surface area contributed by atoms with Gasteiger partial charge in [0.25, 0.3) is 5.69 Å². The summed E-state index contributed by atoms with van der Waals surface area (Å²) in [4.78, 5) is 16.9. The Hall–Kier alpha value is -2.70. The molecule has 7 heteroatoms. The van der Waals surface area contributed by atoms with Crippen LogP contribution in [0, 0.1) is 15.9 Å². The van der Waals surface area contributed by atoms with Crippen molar-refractivity contribution < 1.29 is 9.31 Å². The van der Waals surface area contributed by atoms with E-state index in [0.717, 1.165) is 42.7 Å². The van der Waals surface area contributed by atoms with Crippen LogP contribution in [0.4, 0.5) is 21.6 Å². The SMILES string of the molecule is CCN(CC)c1ccc(CNc2cc(F)ccc2[N+](=O)[O-])cn1. The highest BCUT2D eigenvalue weighted by Gasteiger charge is 2.14. The van der Waals surface area contributed by atoms with Crippen LogP contribution in [0.15, 0.2) is 36.5 Å². The molecule has 0 unspecified atom stereocenters. The van der Waals surface area contributed by atoms with Gasteiger partial charge in [-0.05, 0) is 31.5 Å². The van der Waals surface area contributed by atoms with Crippen molar-refractivity contribution in [2.45, 2.75) is 20.4 Å². The lowest BCUT2D eigenvalue weighted by molar-refractivity contribution is -0.384. The van der Waals surface area contributed by atoms with E-state index in [2.05, 4.69) is 29.0 Å². The van der Waals surface area contributed by atoms with Crippen LogP contribution in [0.25, 0.3) is 0 Å². The molecule has 0 amide bonds. The minimum absolute atomic E-state index is 0.154. The van der Waals surface area contributed by atoms with Crippen LogP contribution >= 0.6 is 0 Å². The van der Waals surface area contributed by atoms with Crippen molar-refractivity contribution in [2.24, 2.45) is 0 Å². The van der Waals surface area contributed by atoms with Crippen molar-refractivity contribution in [3.63, 3.8) is 0 Å². The summed E-state index contributed by atoms with van der Waals surface area (Å²) in [5.74, 6) is 0.364. The summed E-state index contributed by atoms with van der Waals surface area (Å²) in [6, 6.07) is 7.15. The Morgan fingerprint density at radius 2 is 2.00 bits per heavy atom. The Bertz CT molecular complexity index is 672. The molecule has 0 aliphatic carbocycles. The molecule has 0 atom stereocenters. The fourth-order valence-electron chi connectivity index (χ4n) is 2.26. The zero-order valence-corrected chi connectivity index (χ0v) is 13.1. The quantitative estimate of drug-likeness (QED) is 0.624. The minimum atomic E-state index is -0.538. The van der Waals surface area contributed by atoms with Gasteiger partial charge in [0, 0.05) is 38.0 Å². The maximum Gasteiger partial charge on any atom is 0.292 e. The second-order valence-corrected chi connectivity index (χ2v) is 4.97. The molecule has 0 aliphatic rings. The molecule has 1 heterocycles. The number of halogens is 1. The number of aromatic nitrogens is 1. The Morgan fingerprint density at radius 3 is 2.57 bits per heavy atom. The summed E-state index contributed by atoms with van der Waals surface area (Å²) in [5.41, 5.74) is 0.862. The van der Waals surface area contributed by atoms with Crippen molar-refractivity contribution in [1.82, 2.24) is 4.98 Å². The first-order chi connectivity index (χ1) is 11.0. The van der Waals surface area contributed by atoms with Crippen LogP contribution in [-0.2, 0) is 6.54 Å². The van der Waals surface area contributed by atoms with E-state index in [4.69, 9.17) is 0 Å². The van der Waals surface area contributed by atoms with E-state index in [1.165, 1.54) is 0 Å². The van der Waals surface area contributed by atoms with Gasteiger partial charge in [0.1, 0.15) is 17.3 Å².